The normalized spacial score (nSPS) is 21.3. The molecule has 0 radical (unpaired) electrons. The molecule has 19 heavy (non-hydrogen) atoms. The molecular formula is C15H20ClN3. The molecule has 1 aliphatic carbocycles. The van der Waals surface area contributed by atoms with Gasteiger partial charge in [-0.25, -0.2) is 0 Å². The van der Waals surface area contributed by atoms with Crippen molar-refractivity contribution in [2.75, 3.05) is 6.54 Å². The zero-order valence-corrected chi connectivity index (χ0v) is 11.6. The first-order chi connectivity index (χ1) is 9.25. The minimum Gasteiger partial charge on any atom is -0.303 e. The van der Waals surface area contributed by atoms with Crippen LogP contribution in [0.3, 0.4) is 0 Å². The van der Waals surface area contributed by atoms with Crippen LogP contribution in [0.5, 0.6) is 0 Å². The fourth-order valence-electron chi connectivity index (χ4n) is 2.13. The summed E-state index contributed by atoms with van der Waals surface area (Å²) in [7, 11) is 0. The first-order valence-electron chi connectivity index (χ1n) is 6.53. The van der Waals surface area contributed by atoms with Gasteiger partial charge in [-0.05, 0) is 17.9 Å². The zero-order chi connectivity index (χ0) is 13.5. The molecule has 0 heterocycles. The number of hydrogen-bond donors (Lipinski definition) is 3. The van der Waals surface area contributed by atoms with Crippen molar-refractivity contribution in [2.45, 2.75) is 18.2 Å². The second-order valence-electron chi connectivity index (χ2n) is 4.63. The van der Waals surface area contributed by atoms with E-state index in [2.05, 4.69) is 47.1 Å². The van der Waals surface area contributed by atoms with Crippen LogP contribution in [-0.4, -0.2) is 12.2 Å². The van der Waals surface area contributed by atoms with Crippen molar-refractivity contribution in [1.82, 2.24) is 10.6 Å². The molecule has 102 valence electrons. The quantitative estimate of drug-likeness (QED) is 0.425. The van der Waals surface area contributed by atoms with Gasteiger partial charge in [-0.15, -0.1) is 0 Å². The molecule has 1 aliphatic rings. The summed E-state index contributed by atoms with van der Waals surface area (Å²) in [5.74, 6) is 0.518. The van der Waals surface area contributed by atoms with Crippen LogP contribution in [0.2, 0.25) is 0 Å². The summed E-state index contributed by atoms with van der Waals surface area (Å²) < 4.78 is 0. The van der Waals surface area contributed by atoms with E-state index in [4.69, 9.17) is 17.3 Å². The lowest BCUT2D eigenvalue weighted by Gasteiger charge is -2.24. The Hall–Kier alpha value is -1.13. The molecule has 0 aromatic heterocycles. The van der Waals surface area contributed by atoms with Crippen molar-refractivity contribution in [2.24, 2.45) is 11.7 Å². The molecule has 4 heteroatoms. The Bertz CT molecular complexity index is 428. The lowest BCUT2D eigenvalue weighted by Crippen LogP contribution is -2.43. The smallest absolute Gasteiger partial charge is 0.134 e. The zero-order valence-electron chi connectivity index (χ0n) is 10.8. The van der Waals surface area contributed by atoms with Crippen LogP contribution in [0.1, 0.15) is 18.2 Å². The van der Waals surface area contributed by atoms with Crippen LogP contribution >= 0.6 is 11.6 Å². The maximum absolute atomic E-state index is 5.85. The summed E-state index contributed by atoms with van der Waals surface area (Å²) in [6.45, 7) is 0.886. The Balaban J connectivity index is 1.94. The first kappa shape index (κ1) is 14.3. The Morgan fingerprint density at radius 2 is 2.05 bits per heavy atom. The molecular weight excluding hydrogens is 258 g/mol. The molecule has 0 aliphatic heterocycles. The second kappa shape index (κ2) is 7.46. The Morgan fingerprint density at radius 3 is 2.68 bits per heavy atom. The number of allylic oxidation sites excluding steroid dienone is 3. The molecule has 1 aromatic rings. The standard InChI is InChI=1S/C15H20ClN3/c16-15(17)19-14(13-9-5-2-6-10-13)18-11-12-7-3-1-4-8-12/h1-7,9-10,12,14-15,18-19H,8,11,17H2/t12-,14?,15?/m1/s1. The highest BCUT2D eigenvalue weighted by Gasteiger charge is 2.14. The highest BCUT2D eigenvalue weighted by atomic mass is 35.5. The van der Waals surface area contributed by atoms with Crippen LogP contribution < -0.4 is 16.4 Å². The van der Waals surface area contributed by atoms with Crippen molar-refractivity contribution in [3.8, 4) is 0 Å². The third-order valence-electron chi connectivity index (χ3n) is 3.11. The monoisotopic (exact) mass is 277 g/mol. The summed E-state index contributed by atoms with van der Waals surface area (Å²) in [5.41, 5.74) is 6.19. The first-order valence-corrected chi connectivity index (χ1v) is 6.97. The van der Waals surface area contributed by atoms with E-state index in [0.29, 0.717) is 5.92 Å². The Kier molecular flexibility index (Phi) is 5.61. The summed E-state index contributed by atoms with van der Waals surface area (Å²) in [5, 5.41) is 6.60. The van der Waals surface area contributed by atoms with Gasteiger partial charge in [0.2, 0.25) is 0 Å². The van der Waals surface area contributed by atoms with E-state index >= 15 is 0 Å². The minimum atomic E-state index is -0.570. The predicted octanol–water partition coefficient (Wildman–Crippen LogP) is 2.48. The van der Waals surface area contributed by atoms with Gasteiger partial charge in [0.15, 0.2) is 0 Å². The summed E-state index contributed by atoms with van der Waals surface area (Å²) in [4.78, 5) is 0. The number of benzene rings is 1. The summed E-state index contributed by atoms with van der Waals surface area (Å²) in [6, 6.07) is 10.1. The van der Waals surface area contributed by atoms with Gasteiger partial charge in [0, 0.05) is 6.54 Å². The molecule has 0 fully saturated rings. The van der Waals surface area contributed by atoms with Crippen molar-refractivity contribution in [3.63, 3.8) is 0 Å². The molecule has 3 atom stereocenters. The van der Waals surface area contributed by atoms with Gasteiger partial charge in [-0.2, -0.15) is 0 Å². The van der Waals surface area contributed by atoms with Crippen LogP contribution in [0.4, 0.5) is 0 Å². The highest BCUT2D eigenvalue weighted by molar-refractivity contribution is 6.19. The number of halogens is 1. The highest BCUT2D eigenvalue weighted by Crippen LogP contribution is 2.14. The SMILES string of the molecule is NC(Cl)NC(NC[C@@H]1C=CC=CC1)c1ccccc1. The molecule has 3 nitrogen and oxygen atoms in total. The third-order valence-corrected chi connectivity index (χ3v) is 3.24. The van der Waals surface area contributed by atoms with Gasteiger partial charge in [0.05, 0.1) is 6.17 Å². The maximum Gasteiger partial charge on any atom is 0.134 e. The van der Waals surface area contributed by atoms with Gasteiger partial charge >= 0.3 is 0 Å². The van der Waals surface area contributed by atoms with Crippen LogP contribution in [0.15, 0.2) is 54.6 Å². The fraction of sp³-hybridized carbons (Fsp3) is 0.333. The second-order valence-corrected chi connectivity index (χ2v) is 5.10. The minimum absolute atomic E-state index is 0.0343. The van der Waals surface area contributed by atoms with Gasteiger partial charge < -0.3 is 5.73 Å². The molecule has 2 rings (SSSR count). The lowest BCUT2D eigenvalue weighted by molar-refractivity contribution is 0.404. The van der Waals surface area contributed by atoms with Crippen molar-refractivity contribution >= 4 is 11.6 Å². The molecule has 0 saturated carbocycles. The predicted molar refractivity (Wildman–Crippen MR) is 80.5 cm³/mol. The number of alkyl halides is 1. The van der Waals surface area contributed by atoms with E-state index in [1.807, 2.05) is 18.2 Å². The largest absolute Gasteiger partial charge is 0.303 e. The van der Waals surface area contributed by atoms with Crippen LogP contribution in [0.25, 0.3) is 0 Å². The number of nitrogens with one attached hydrogen (secondary N) is 2. The summed E-state index contributed by atoms with van der Waals surface area (Å²) >= 11 is 5.85. The molecule has 0 saturated heterocycles. The van der Waals surface area contributed by atoms with Gasteiger partial charge in [0.25, 0.3) is 0 Å². The van der Waals surface area contributed by atoms with E-state index in [-0.39, 0.29) is 6.17 Å². The molecule has 4 N–H and O–H groups in total. The third kappa shape index (κ3) is 4.80. The summed E-state index contributed by atoms with van der Waals surface area (Å²) in [6.07, 6.45) is 9.61. The average molecular weight is 278 g/mol. The molecule has 0 bridgehead atoms. The molecule has 2 unspecified atom stereocenters. The van der Waals surface area contributed by atoms with Crippen LogP contribution in [0, 0.1) is 5.92 Å². The van der Waals surface area contributed by atoms with Crippen LogP contribution in [-0.2, 0) is 0 Å². The van der Waals surface area contributed by atoms with E-state index < -0.39 is 5.62 Å². The van der Waals surface area contributed by atoms with Crippen molar-refractivity contribution < 1.29 is 0 Å². The average Bonchev–Trinajstić information content (AvgIpc) is 2.45. The fourth-order valence-corrected chi connectivity index (χ4v) is 2.26. The topological polar surface area (TPSA) is 50.1 Å². The maximum atomic E-state index is 5.85. The number of nitrogens with two attached hydrogens (primary N) is 1. The number of hydrogen-bond acceptors (Lipinski definition) is 3. The Morgan fingerprint density at radius 1 is 1.26 bits per heavy atom. The van der Waals surface area contributed by atoms with Crippen molar-refractivity contribution in [1.29, 1.82) is 0 Å². The van der Waals surface area contributed by atoms with Gasteiger partial charge in [-0.1, -0.05) is 66.2 Å². The molecule has 0 spiro atoms. The van der Waals surface area contributed by atoms with E-state index in [0.717, 1.165) is 18.5 Å². The Labute approximate surface area is 119 Å². The van der Waals surface area contributed by atoms with E-state index in [1.54, 1.807) is 0 Å². The lowest BCUT2D eigenvalue weighted by atomic mass is 10.0. The van der Waals surface area contributed by atoms with E-state index in [9.17, 15) is 0 Å². The molecule has 0 amide bonds. The number of rotatable bonds is 6. The van der Waals surface area contributed by atoms with E-state index in [1.165, 1.54) is 0 Å². The van der Waals surface area contributed by atoms with Gasteiger partial charge in [-0.3, -0.25) is 10.6 Å². The molecule has 1 aromatic carbocycles. The van der Waals surface area contributed by atoms with Crippen molar-refractivity contribution in [3.05, 3.63) is 60.2 Å². The van der Waals surface area contributed by atoms with Gasteiger partial charge in [0.1, 0.15) is 5.62 Å².